The first-order valence-corrected chi connectivity index (χ1v) is 18.7. The van der Waals surface area contributed by atoms with Crippen molar-refractivity contribution in [2.24, 2.45) is 0 Å². The molecule has 2 aromatic carbocycles. The largest absolute Gasteiger partial charge is 0.508 e. The van der Waals surface area contributed by atoms with Crippen LogP contribution in [0.2, 0.25) is 0 Å². The molecule has 0 aliphatic carbocycles. The Morgan fingerprint density at radius 1 is 1.05 bits per heavy atom. The number of benzene rings is 2. The Morgan fingerprint density at radius 2 is 1.86 bits per heavy atom. The Labute approximate surface area is 330 Å². The summed E-state index contributed by atoms with van der Waals surface area (Å²) in [5, 5.41) is 2.77. The highest BCUT2D eigenvalue weighted by atomic mass is 16.7. The Balaban J connectivity index is 1.06. The molecule has 2 aliphatic rings. The molecule has 4 aromatic rings. The van der Waals surface area contributed by atoms with Crippen LogP contribution >= 0.6 is 0 Å². The molecule has 16 nitrogen and oxygen atoms in total. The van der Waals surface area contributed by atoms with Crippen molar-refractivity contribution in [2.45, 2.75) is 63.6 Å². The van der Waals surface area contributed by atoms with Gasteiger partial charge in [-0.3, -0.25) is 19.1 Å². The van der Waals surface area contributed by atoms with Gasteiger partial charge >= 0.3 is 18.2 Å². The number of carbonyl (C=O) groups is 4. The number of hydrogen-bond donors (Lipinski definition) is 1. The van der Waals surface area contributed by atoms with E-state index in [0.29, 0.717) is 42.9 Å². The van der Waals surface area contributed by atoms with Crippen LogP contribution in [0.15, 0.2) is 79.9 Å². The van der Waals surface area contributed by atoms with Gasteiger partial charge in [0.15, 0.2) is 17.0 Å². The van der Waals surface area contributed by atoms with E-state index in [0.717, 1.165) is 30.4 Å². The van der Waals surface area contributed by atoms with Gasteiger partial charge in [-0.2, -0.15) is 0 Å². The first kappa shape index (κ1) is 40.4. The van der Waals surface area contributed by atoms with Crippen molar-refractivity contribution in [1.29, 1.82) is 0 Å². The average Bonchev–Trinajstić information content (AvgIpc) is 3.84. The number of imidazole rings is 1. The van der Waals surface area contributed by atoms with Crippen molar-refractivity contribution in [1.82, 2.24) is 29.3 Å². The van der Waals surface area contributed by atoms with Crippen molar-refractivity contribution in [3.8, 4) is 12.3 Å². The number of anilines is 1. The molecular formula is C41H45N7O9. The van der Waals surface area contributed by atoms with Gasteiger partial charge in [0.2, 0.25) is 0 Å². The van der Waals surface area contributed by atoms with E-state index in [1.54, 1.807) is 33.7 Å². The van der Waals surface area contributed by atoms with Crippen molar-refractivity contribution in [2.75, 3.05) is 44.8 Å². The van der Waals surface area contributed by atoms with Gasteiger partial charge < -0.3 is 33.9 Å². The van der Waals surface area contributed by atoms with Gasteiger partial charge in [0, 0.05) is 56.7 Å². The van der Waals surface area contributed by atoms with Gasteiger partial charge in [-0.1, -0.05) is 48.9 Å². The number of aromatic nitrogens is 4. The predicted octanol–water partition coefficient (Wildman–Crippen LogP) is 5.11. The first-order chi connectivity index (χ1) is 27.7. The summed E-state index contributed by atoms with van der Waals surface area (Å²) in [6.45, 7) is 6.76. The number of carbonyl (C=O) groups excluding carboxylic acids is 4. The quantitative estimate of drug-likeness (QED) is 0.0730. The predicted molar refractivity (Wildman–Crippen MR) is 207 cm³/mol. The topological polar surface area (TPSA) is 177 Å². The van der Waals surface area contributed by atoms with Crippen LogP contribution in [-0.2, 0) is 35.0 Å². The molecule has 0 saturated carbocycles. The van der Waals surface area contributed by atoms with E-state index in [9.17, 15) is 19.2 Å². The molecule has 2 fully saturated rings. The zero-order chi connectivity index (χ0) is 40.1. The maximum absolute atomic E-state index is 12.9. The number of esters is 1. The first-order valence-electron chi connectivity index (χ1n) is 18.7. The van der Waals surface area contributed by atoms with E-state index >= 15 is 0 Å². The van der Waals surface area contributed by atoms with E-state index < -0.39 is 30.6 Å². The van der Waals surface area contributed by atoms with Gasteiger partial charge in [-0.05, 0) is 49.1 Å². The lowest BCUT2D eigenvalue weighted by atomic mass is 10.0. The van der Waals surface area contributed by atoms with Crippen LogP contribution in [0.5, 0.6) is 0 Å². The third kappa shape index (κ3) is 10.7. The van der Waals surface area contributed by atoms with Crippen molar-refractivity contribution in [3.63, 3.8) is 0 Å². The number of nitrogens with one attached hydrogen (secondary N) is 1. The summed E-state index contributed by atoms with van der Waals surface area (Å²) >= 11 is 0. The lowest BCUT2D eigenvalue weighted by molar-refractivity contribution is -0.150. The summed E-state index contributed by atoms with van der Waals surface area (Å²) in [5.74, 6) is 1.95. The minimum absolute atomic E-state index is 0.000299. The number of amides is 2. The van der Waals surface area contributed by atoms with Crippen LogP contribution in [0.1, 0.15) is 60.3 Å². The number of likely N-dealkylation sites (tertiary alicyclic amines) is 1. The molecule has 57 heavy (non-hydrogen) atoms. The third-order valence-corrected chi connectivity index (χ3v) is 9.61. The number of hydrogen-bond acceptors (Lipinski definition) is 13. The van der Waals surface area contributed by atoms with E-state index in [4.69, 9.17) is 30.1 Å². The highest BCUT2D eigenvalue weighted by Gasteiger charge is 2.40. The number of terminal acetylenes is 1. The van der Waals surface area contributed by atoms with E-state index in [2.05, 4.69) is 37.7 Å². The van der Waals surface area contributed by atoms with Crippen LogP contribution in [0.3, 0.4) is 0 Å². The summed E-state index contributed by atoms with van der Waals surface area (Å²) in [5.41, 5.74) is 2.93. The van der Waals surface area contributed by atoms with Crippen LogP contribution in [0.25, 0.3) is 11.2 Å². The van der Waals surface area contributed by atoms with Gasteiger partial charge in [-0.15, -0.1) is 6.42 Å². The molecule has 2 aromatic heterocycles. The normalized spacial score (nSPS) is 19.1. The SMILES string of the molecule is C#Cc1ccc(CN(CCOC(=O)OC[C@H]2O[C@@H](n3cnc4c(NC(=O)c5ccccc5)ncnc43)C[C@@H]2OC(C)=O)CC2CCCCN2C(=O)OCC=C)cc1. The lowest BCUT2D eigenvalue weighted by Crippen LogP contribution is -2.50. The van der Waals surface area contributed by atoms with Gasteiger partial charge in [0.25, 0.3) is 5.91 Å². The fourth-order valence-corrected chi connectivity index (χ4v) is 6.87. The zero-order valence-corrected chi connectivity index (χ0v) is 31.7. The van der Waals surface area contributed by atoms with E-state index in [1.807, 2.05) is 30.3 Å². The Kier molecular flexibility index (Phi) is 13.8. The fourth-order valence-electron chi connectivity index (χ4n) is 6.87. The zero-order valence-electron chi connectivity index (χ0n) is 31.7. The Bertz CT molecular complexity index is 2070. The second-order valence-electron chi connectivity index (χ2n) is 13.6. The molecule has 2 aliphatic heterocycles. The summed E-state index contributed by atoms with van der Waals surface area (Å²) in [6.07, 6.45) is 9.16. The van der Waals surface area contributed by atoms with Crippen LogP contribution < -0.4 is 5.32 Å². The fraction of sp³-hybridized carbons (Fsp3) is 0.390. The molecule has 4 heterocycles. The van der Waals surface area contributed by atoms with Crippen LogP contribution in [-0.4, -0.2) is 111 Å². The van der Waals surface area contributed by atoms with Crippen molar-refractivity contribution < 1.29 is 42.9 Å². The number of piperidine rings is 1. The van der Waals surface area contributed by atoms with Crippen molar-refractivity contribution >= 4 is 41.1 Å². The molecule has 1 unspecified atom stereocenters. The van der Waals surface area contributed by atoms with Crippen LogP contribution in [0, 0.1) is 12.3 Å². The minimum Gasteiger partial charge on any atom is -0.459 e. The lowest BCUT2D eigenvalue weighted by Gasteiger charge is -2.38. The number of rotatable bonds is 15. The number of nitrogens with zero attached hydrogens (tertiary/aromatic N) is 6. The Hall–Kier alpha value is -6.31. The molecular weight excluding hydrogens is 734 g/mol. The summed E-state index contributed by atoms with van der Waals surface area (Å²) in [6, 6.07) is 16.2. The molecule has 0 radical (unpaired) electrons. The summed E-state index contributed by atoms with van der Waals surface area (Å²) < 4.78 is 29.7. The molecule has 6 rings (SSSR count). The standard InChI is InChI=1S/C41H45N7O9/c1-4-20-53-40(51)47-18-10-9-13-32(47)24-46(23-30-16-14-29(5-2)15-17-30)19-21-54-41(52)55-25-34-33(56-28(3)49)22-35(57-34)48-27-44-36-37(42-26-43-38(36)48)45-39(50)31-11-7-6-8-12-31/h2,4,6-8,11-12,14-17,26-27,32-35H,1,9-10,13,18-25H2,3H3,(H,42,43,45,50)/t32?,33-,34+,35+/m0/s1. The number of ether oxygens (including phenoxy) is 5. The monoisotopic (exact) mass is 779 g/mol. The maximum atomic E-state index is 12.9. The molecule has 1 N–H and O–H groups in total. The van der Waals surface area contributed by atoms with Crippen molar-refractivity contribution in [3.05, 3.63) is 96.6 Å². The molecule has 16 heteroatoms. The molecule has 0 bridgehead atoms. The average molecular weight is 780 g/mol. The summed E-state index contributed by atoms with van der Waals surface area (Å²) in [4.78, 5) is 67.5. The molecule has 2 amide bonds. The van der Waals surface area contributed by atoms with Gasteiger partial charge in [0.05, 0.1) is 6.33 Å². The molecule has 0 spiro atoms. The molecule has 2 saturated heterocycles. The highest BCUT2D eigenvalue weighted by molar-refractivity contribution is 6.06. The second kappa shape index (κ2) is 19.5. The van der Waals surface area contributed by atoms with E-state index in [-0.39, 0.29) is 50.1 Å². The van der Waals surface area contributed by atoms with E-state index in [1.165, 1.54) is 25.7 Å². The smallest absolute Gasteiger partial charge is 0.459 e. The summed E-state index contributed by atoms with van der Waals surface area (Å²) in [7, 11) is 0. The second-order valence-corrected chi connectivity index (χ2v) is 13.6. The molecule has 298 valence electrons. The third-order valence-electron chi connectivity index (χ3n) is 9.61. The minimum atomic E-state index is -0.922. The highest BCUT2D eigenvalue weighted by Crippen LogP contribution is 2.34. The van der Waals surface area contributed by atoms with Gasteiger partial charge in [0.1, 0.15) is 44.6 Å². The van der Waals surface area contributed by atoms with Gasteiger partial charge in [-0.25, -0.2) is 24.5 Å². The van der Waals surface area contributed by atoms with Crippen LogP contribution in [0.4, 0.5) is 15.4 Å². The number of fused-ring (bicyclic) bond motifs is 1. The maximum Gasteiger partial charge on any atom is 0.508 e. The Morgan fingerprint density at radius 3 is 2.61 bits per heavy atom. The molecule has 4 atom stereocenters.